The average Bonchev–Trinajstić information content (AvgIpc) is 2.03. The lowest BCUT2D eigenvalue weighted by atomic mass is 10.1. The molecule has 0 aromatic rings. The summed E-state index contributed by atoms with van der Waals surface area (Å²) < 4.78 is 0. The first-order chi connectivity index (χ1) is 5.34. The third kappa shape index (κ3) is 2.22. The Morgan fingerprint density at radius 1 is 1.73 bits per heavy atom. The van der Waals surface area contributed by atoms with E-state index in [0.717, 1.165) is 6.42 Å². The standard InChI is InChI=1S/C9H14N2/c1-3-4-5-9-6-10-7-11-8(9)2/h4-8H,3H2,1-2H3,(H,10,11)/b5-4-. The van der Waals surface area contributed by atoms with Crippen molar-refractivity contribution in [3.8, 4) is 0 Å². The lowest BCUT2D eigenvalue weighted by Crippen LogP contribution is -2.15. The van der Waals surface area contributed by atoms with Crippen LogP contribution in [0.4, 0.5) is 0 Å². The SMILES string of the molecule is CC/C=C\C1=CNC=NC1C. The van der Waals surface area contributed by atoms with E-state index in [1.807, 2.05) is 6.20 Å². The van der Waals surface area contributed by atoms with Crippen LogP contribution in [0.5, 0.6) is 0 Å². The summed E-state index contributed by atoms with van der Waals surface area (Å²) in [7, 11) is 0. The number of allylic oxidation sites excluding steroid dienone is 1. The number of hydrogen-bond donors (Lipinski definition) is 1. The molecule has 0 spiro atoms. The summed E-state index contributed by atoms with van der Waals surface area (Å²) in [6, 6.07) is 0.305. The molecular formula is C9H14N2. The molecule has 1 atom stereocenters. The molecule has 0 aliphatic carbocycles. The van der Waals surface area contributed by atoms with Crippen molar-refractivity contribution in [2.75, 3.05) is 0 Å². The second-order valence-corrected chi connectivity index (χ2v) is 2.58. The molecule has 0 saturated carbocycles. The highest BCUT2D eigenvalue weighted by Gasteiger charge is 2.04. The third-order valence-electron chi connectivity index (χ3n) is 1.65. The molecule has 0 amide bonds. The summed E-state index contributed by atoms with van der Waals surface area (Å²) in [6.45, 7) is 4.21. The fourth-order valence-corrected chi connectivity index (χ4v) is 0.936. The first-order valence-corrected chi connectivity index (χ1v) is 3.99. The molecule has 1 unspecified atom stereocenters. The first kappa shape index (κ1) is 8.05. The zero-order valence-corrected chi connectivity index (χ0v) is 7.04. The molecule has 0 fully saturated rings. The zero-order valence-electron chi connectivity index (χ0n) is 7.04. The largest absolute Gasteiger partial charge is 0.353 e. The van der Waals surface area contributed by atoms with Gasteiger partial charge < -0.3 is 5.32 Å². The van der Waals surface area contributed by atoms with E-state index in [9.17, 15) is 0 Å². The minimum Gasteiger partial charge on any atom is -0.353 e. The van der Waals surface area contributed by atoms with E-state index in [2.05, 4.69) is 36.3 Å². The fraction of sp³-hybridized carbons (Fsp3) is 0.444. The van der Waals surface area contributed by atoms with Gasteiger partial charge >= 0.3 is 0 Å². The predicted molar refractivity (Wildman–Crippen MR) is 48.6 cm³/mol. The van der Waals surface area contributed by atoms with E-state index in [1.54, 1.807) is 6.34 Å². The molecule has 0 bridgehead atoms. The van der Waals surface area contributed by atoms with E-state index >= 15 is 0 Å². The van der Waals surface area contributed by atoms with E-state index < -0.39 is 0 Å². The summed E-state index contributed by atoms with van der Waals surface area (Å²) in [4.78, 5) is 4.21. The van der Waals surface area contributed by atoms with Crippen molar-refractivity contribution in [3.05, 3.63) is 23.9 Å². The number of rotatable bonds is 2. The molecule has 1 rings (SSSR count). The van der Waals surface area contributed by atoms with Crippen molar-refractivity contribution in [2.45, 2.75) is 26.3 Å². The van der Waals surface area contributed by atoms with Crippen LogP contribution >= 0.6 is 0 Å². The normalized spacial score (nSPS) is 23.5. The van der Waals surface area contributed by atoms with Gasteiger partial charge in [0.1, 0.15) is 0 Å². The summed E-state index contributed by atoms with van der Waals surface area (Å²) in [5.41, 5.74) is 1.24. The second kappa shape index (κ2) is 3.96. The van der Waals surface area contributed by atoms with E-state index in [-0.39, 0.29) is 0 Å². The molecule has 2 nitrogen and oxygen atoms in total. The van der Waals surface area contributed by atoms with Gasteiger partial charge in [-0.3, -0.25) is 4.99 Å². The fourth-order valence-electron chi connectivity index (χ4n) is 0.936. The number of aliphatic imine (C=N–C) groups is 1. The molecule has 2 heteroatoms. The van der Waals surface area contributed by atoms with Crippen molar-refractivity contribution in [1.82, 2.24) is 5.32 Å². The van der Waals surface area contributed by atoms with Crippen LogP contribution in [0.25, 0.3) is 0 Å². The number of hydrogen-bond acceptors (Lipinski definition) is 2. The molecule has 1 heterocycles. The van der Waals surface area contributed by atoms with E-state index in [1.165, 1.54) is 5.57 Å². The van der Waals surface area contributed by atoms with Gasteiger partial charge in [-0.1, -0.05) is 19.1 Å². The molecule has 1 N–H and O–H groups in total. The van der Waals surface area contributed by atoms with Crippen LogP contribution in [0.15, 0.2) is 28.9 Å². The molecule has 60 valence electrons. The molecule has 0 aromatic carbocycles. The summed E-state index contributed by atoms with van der Waals surface area (Å²) in [5.74, 6) is 0. The predicted octanol–water partition coefficient (Wildman–Crippen LogP) is 1.86. The van der Waals surface area contributed by atoms with Crippen molar-refractivity contribution in [2.24, 2.45) is 4.99 Å². The van der Waals surface area contributed by atoms with Crippen molar-refractivity contribution in [3.63, 3.8) is 0 Å². The maximum atomic E-state index is 4.21. The van der Waals surface area contributed by atoms with Crippen molar-refractivity contribution in [1.29, 1.82) is 0 Å². The van der Waals surface area contributed by atoms with Gasteiger partial charge in [0.2, 0.25) is 0 Å². The molecule has 1 aliphatic rings. The highest BCUT2D eigenvalue weighted by Crippen LogP contribution is 2.09. The number of nitrogens with zero attached hydrogens (tertiary/aromatic N) is 1. The maximum absolute atomic E-state index is 4.21. The second-order valence-electron chi connectivity index (χ2n) is 2.58. The van der Waals surface area contributed by atoms with Gasteiger partial charge in [0, 0.05) is 6.20 Å². The van der Waals surface area contributed by atoms with Gasteiger partial charge in [-0.2, -0.15) is 0 Å². The highest BCUT2D eigenvalue weighted by atomic mass is 15.0. The van der Waals surface area contributed by atoms with Crippen LogP contribution in [0, 0.1) is 0 Å². The zero-order chi connectivity index (χ0) is 8.10. The van der Waals surface area contributed by atoms with Gasteiger partial charge in [-0.15, -0.1) is 0 Å². The van der Waals surface area contributed by atoms with Crippen LogP contribution in [-0.2, 0) is 0 Å². The average molecular weight is 150 g/mol. The third-order valence-corrected chi connectivity index (χ3v) is 1.65. The lowest BCUT2D eigenvalue weighted by Gasteiger charge is -2.11. The Balaban J connectivity index is 2.56. The Labute approximate surface area is 67.7 Å². The van der Waals surface area contributed by atoms with Crippen LogP contribution in [0.3, 0.4) is 0 Å². The molecule has 0 radical (unpaired) electrons. The van der Waals surface area contributed by atoms with Gasteiger partial charge in [0.15, 0.2) is 0 Å². The van der Waals surface area contributed by atoms with E-state index in [0.29, 0.717) is 6.04 Å². The first-order valence-electron chi connectivity index (χ1n) is 3.99. The summed E-state index contributed by atoms with van der Waals surface area (Å²) >= 11 is 0. The van der Waals surface area contributed by atoms with Crippen LogP contribution in [0.2, 0.25) is 0 Å². The topological polar surface area (TPSA) is 24.4 Å². The smallest absolute Gasteiger partial charge is 0.0870 e. The van der Waals surface area contributed by atoms with Crippen LogP contribution < -0.4 is 5.32 Å². The highest BCUT2D eigenvalue weighted by molar-refractivity contribution is 5.59. The molecule has 11 heavy (non-hydrogen) atoms. The quantitative estimate of drug-likeness (QED) is 0.638. The van der Waals surface area contributed by atoms with Gasteiger partial charge in [0.05, 0.1) is 12.4 Å². The molecule has 1 aliphatic heterocycles. The van der Waals surface area contributed by atoms with Crippen LogP contribution in [-0.4, -0.2) is 12.4 Å². The van der Waals surface area contributed by atoms with Crippen LogP contribution in [0.1, 0.15) is 20.3 Å². The van der Waals surface area contributed by atoms with E-state index in [4.69, 9.17) is 0 Å². The summed E-state index contributed by atoms with van der Waals surface area (Å²) in [5, 5.41) is 2.97. The minimum absolute atomic E-state index is 0.305. The maximum Gasteiger partial charge on any atom is 0.0870 e. The number of nitrogens with one attached hydrogen (secondary N) is 1. The minimum atomic E-state index is 0.305. The van der Waals surface area contributed by atoms with Crippen molar-refractivity contribution < 1.29 is 0 Å². The van der Waals surface area contributed by atoms with Crippen molar-refractivity contribution >= 4 is 6.34 Å². The Morgan fingerprint density at radius 3 is 3.18 bits per heavy atom. The van der Waals surface area contributed by atoms with Gasteiger partial charge in [-0.05, 0) is 18.9 Å². The van der Waals surface area contributed by atoms with Gasteiger partial charge in [-0.25, -0.2) is 0 Å². The molecule has 0 saturated heterocycles. The van der Waals surface area contributed by atoms with Gasteiger partial charge in [0.25, 0.3) is 0 Å². The Bertz CT molecular complexity index is 202. The Kier molecular flexibility index (Phi) is 2.90. The lowest BCUT2D eigenvalue weighted by molar-refractivity contribution is 0.855. The molecular weight excluding hydrogens is 136 g/mol. The summed E-state index contributed by atoms with van der Waals surface area (Å²) in [6.07, 6.45) is 9.06. The Hall–Kier alpha value is -1.05. The molecule has 0 aromatic heterocycles. The Morgan fingerprint density at radius 2 is 2.55 bits per heavy atom. The monoisotopic (exact) mass is 150 g/mol.